The minimum absolute atomic E-state index is 0.0191. The molecule has 0 unspecified atom stereocenters. The first kappa shape index (κ1) is 24.1. The second kappa shape index (κ2) is 9.52. The van der Waals surface area contributed by atoms with Crippen molar-refractivity contribution in [2.24, 2.45) is 5.73 Å². The summed E-state index contributed by atoms with van der Waals surface area (Å²) < 4.78 is 11.0. The topological polar surface area (TPSA) is 126 Å². The lowest BCUT2D eigenvalue weighted by molar-refractivity contribution is -0.118. The van der Waals surface area contributed by atoms with Crippen LogP contribution in [0.1, 0.15) is 60.7 Å². The summed E-state index contributed by atoms with van der Waals surface area (Å²) in [6.07, 6.45) is 0.582. The van der Waals surface area contributed by atoms with Gasteiger partial charge < -0.3 is 25.2 Å². The minimum atomic E-state index is -0.432. The van der Waals surface area contributed by atoms with Crippen molar-refractivity contribution in [2.75, 3.05) is 20.3 Å². The predicted molar refractivity (Wildman–Crippen MR) is 125 cm³/mol. The Hall–Kier alpha value is -3.55. The van der Waals surface area contributed by atoms with Crippen LogP contribution in [-0.2, 0) is 16.8 Å². The molecule has 0 saturated carbocycles. The zero-order chi connectivity index (χ0) is 24.3. The quantitative estimate of drug-likeness (QED) is 0.395. The van der Waals surface area contributed by atoms with Gasteiger partial charge in [0.1, 0.15) is 11.6 Å². The van der Waals surface area contributed by atoms with E-state index in [1.807, 2.05) is 32.9 Å². The molecule has 1 heterocycles. The molecule has 8 nitrogen and oxygen atoms in total. The summed E-state index contributed by atoms with van der Waals surface area (Å²) in [5, 5.41) is 19.2. The number of phenolic OH excluding ortho intramolecular Hbond substituents is 1. The van der Waals surface area contributed by atoms with Crippen molar-refractivity contribution in [2.45, 2.75) is 45.6 Å². The fourth-order valence-electron chi connectivity index (χ4n) is 3.79. The van der Waals surface area contributed by atoms with E-state index in [1.54, 1.807) is 24.1 Å². The van der Waals surface area contributed by atoms with Crippen LogP contribution in [-0.4, -0.2) is 47.8 Å². The highest BCUT2D eigenvalue weighted by Gasteiger charge is 2.28. The molecule has 0 aromatic heterocycles. The molecule has 2 aromatic rings. The summed E-state index contributed by atoms with van der Waals surface area (Å²) in [5.74, 6) is 0.562. The summed E-state index contributed by atoms with van der Waals surface area (Å²) in [5.41, 5.74) is 7.43. The van der Waals surface area contributed by atoms with Crippen molar-refractivity contribution in [3.8, 4) is 17.2 Å². The van der Waals surface area contributed by atoms with Gasteiger partial charge in [-0.3, -0.25) is 15.0 Å². The fourth-order valence-corrected chi connectivity index (χ4v) is 3.79. The molecule has 0 bridgehead atoms. The van der Waals surface area contributed by atoms with Gasteiger partial charge in [0, 0.05) is 29.7 Å². The molecule has 1 aliphatic heterocycles. The number of carbonyl (C=O) groups excluding carboxylic acids is 2. The number of phenols is 1. The van der Waals surface area contributed by atoms with E-state index in [-0.39, 0.29) is 36.9 Å². The number of nitrogens with two attached hydrogens (primary N) is 1. The van der Waals surface area contributed by atoms with E-state index in [1.165, 1.54) is 6.07 Å². The Kier molecular flexibility index (Phi) is 6.95. The molecule has 0 atom stereocenters. The Morgan fingerprint density at radius 2 is 1.94 bits per heavy atom. The molecular formula is C25H31N3O5. The summed E-state index contributed by atoms with van der Waals surface area (Å²) in [7, 11) is 1.59. The number of nitrogens with one attached hydrogen (secondary N) is 1. The van der Waals surface area contributed by atoms with E-state index >= 15 is 0 Å². The number of amides is 1. The number of Topliss-reactive ketones (excluding diaryl/α,β-unsaturated/α-hetero) is 1. The van der Waals surface area contributed by atoms with Gasteiger partial charge >= 0.3 is 0 Å². The number of benzene rings is 2. The highest BCUT2D eigenvalue weighted by atomic mass is 16.5. The van der Waals surface area contributed by atoms with E-state index in [0.717, 1.165) is 11.1 Å². The summed E-state index contributed by atoms with van der Waals surface area (Å²) in [6.45, 7) is 6.46. The molecule has 0 spiro atoms. The number of aromatic hydroxyl groups is 1. The maximum atomic E-state index is 13.2. The van der Waals surface area contributed by atoms with Crippen LogP contribution < -0.4 is 15.2 Å². The summed E-state index contributed by atoms with van der Waals surface area (Å²) >= 11 is 0. The van der Waals surface area contributed by atoms with Crippen LogP contribution in [0, 0.1) is 5.41 Å². The van der Waals surface area contributed by atoms with E-state index in [4.69, 9.17) is 20.6 Å². The van der Waals surface area contributed by atoms with E-state index in [9.17, 15) is 14.7 Å². The maximum Gasteiger partial charge on any atom is 0.217 e. The number of ether oxygens (including phenoxy) is 2. The second-order valence-electron chi connectivity index (χ2n) is 9.19. The molecule has 4 N–H and O–H groups in total. The average molecular weight is 454 g/mol. The molecule has 0 aliphatic carbocycles. The van der Waals surface area contributed by atoms with E-state index < -0.39 is 11.3 Å². The smallest absolute Gasteiger partial charge is 0.217 e. The SMILES string of the molecule is COc1ccc2c(c1)CN(CC(=O)c1cc(OCCCC(N)=O)c(O)c(C(C)(C)C)c1)C2=N. The molecule has 176 valence electrons. The zero-order valence-electron chi connectivity index (χ0n) is 19.5. The summed E-state index contributed by atoms with van der Waals surface area (Å²) in [6, 6.07) is 8.72. The fraction of sp³-hybridized carbons (Fsp3) is 0.400. The van der Waals surface area contributed by atoms with Crippen LogP contribution >= 0.6 is 0 Å². The first-order chi connectivity index (χ1) is 15.5. The Labute approximate surface area is 193 Å². The molecule has 8 heteroatoms. The molecule has 0 radical (unpaired) electrons. The van der Waals surface area contributed by atoms with Gasteiger partial charge in [0.05, 0.1) is 20.3 Å². The van der Waals surface area contributed by atoms with Crippen molar-refractivity contribution >= 4 is 17.5 Å². The van der Waals surface area contributed by atoms with Crippen LogP contribution in [0.2, 0.25) is 0 Å². The number of methoxy groups -OCH3 is 1. The van der Waals surface area contributed by atoms with Crippen molar-refractivity contribution < 1.29 is 24.2 Å². The van der Waals surface area contributed by atoms with Gasteiger partial charge in [-0.25, -0.2) is 0 Å². The van der Waals surface area contributed by atoms with Gasteiger partial charge in [0.25, 0.3) is 0 Å². The first-order valence-electron chi connectivity index (χ1n) is 10.8. The standard InChI is InChI=1S/C25H31N3O5/c1-25(2,3)19-11-15(12-21(23(19)31)33-9-5-6-22(26)30)20(29)14-28-13-16-10-17(32-4)7-8-18(16)24(28)27/h7-8,10-12,27,31H,5-6,9,13-14H2,1-4H3,(H2,26,30). The third-order valence-corrected chi connectivity index (χ3v) is 5.61. The van der Waals surface area contributed by atoms with Crippen LogP contribution in [0.5, 0.6) is 17.2 Å². The lowest BCUT2D eigenvalue weighted by Crippen LogP contribution is -2.30. The largest absolute Gasteiger partial charge is 0.504 e. The normalized spacial score (nSPS) is 13.1. The minimum Gasteiger partial charge on any atom is -0.504 e. The number of primary amides is 1. The first-order valence-corrected chi connectivity index (χ1v) is 10.8. The van der Waals surface area contributed by atoms with Crippen LogP contribution in [0.15, 0.2) is 30.3 Å². The highest BCUT2D eigenvalue weighted by Crippen LogP contribution is 2.39. The van der Waals surface area contributed by atoms with E-state index in [0.29, 0.717) is 35.7 Å². The number of carbonyl (C=O) groups is 2. The molecule has 1 aliphatic rings. The molecule has 0 fully saturated rings. The number of hydrogen-bond donors (Lipinski definition) is 3. The maximum absolute atomic E-state index is 13.2. The molecular weight excluding hydrogens is 422 g/mol. The highest BCUT2D eigenvalue weighted by molar-refractivity contribution is 6.05. The third-order valence-electron chi connectivity index (χ3n) is 5.61. The third kappa shape index (κ3) is 5.45. The lowest BCUT2D eigenvalue weighted by atomic mass is 9.84. The van der Waals surface area contributed by atoms with Crippen molar-refractivity contribution in [3.63, 3.8) is 0 Å². The number of nitrogens with zero attached hydrogens (tertiary/aromatic N) is 1. The molecule has 0 saturated heterocycles. The van der Waals surface area contributed by atoms with Gasteiger partial charge in [-0.2, -0.15) is 0 Å². The average Bonchev–Trinajstić information content (AvgIpc) is 3.05. The monoisotopic (exact) mass is 453 g/mol. The van der Waals surface area contributed by atoms with Gasteiger partial charge in [0.15, 0.2) is 17.3 Å². The Balaban J connectivity index is 1.82. The lowest BCUT2D eigenvalue weighted by Gasteiger charge is -2.24. The Morgan fingerprint density at radius 3 is 2.58 bits per heavy atom. The molecule has 1 amide bonds. The van der Waals surface area contributed by atoms with Crippen molar-refractivity contribution in [1.29, 1.82) is 5.41 Å². The Bertz CT molecular complexity index is 1090. The molecule has 33 heavy (non-hydrogen) atoms. The van der Waals surface area contributed by atoms with Gasteiger partial charge in [-0.05, 0) is 47.7 Å². The van der Waals surface area contributed by atoms with Gasteiger partial charge in [0.2, 0.25) is 5.91 Å². The zero-order valence-corrected chi connectivity index (χ0v) is 19.5. The van der Waals surface area contributed by atoms with Crippen LogP contribution in [0.25, 0.3) is 0 Å². The predicted octanol–water partition coefficient (Wildman–Crippen LogP) is 3.37. The van der Waals surface area contributed by atoms with E-state index in [2.05, 4.69) is 0 Å². The van der Waals surface area contributed by atoms with Gasteiger partial charge in [-0.15, -0.1) is 0 Å². The van der Waals surface area contributed by atoms with Crippen LogP contribution in [0.4, 0.5) is 0 Å². The summed E-state index contributed by atoms with van der Waals surface area (Å²) in [4.78, 5) is 25.9. The van der Waals surface area contributed by atoms with Crippen LogP contribution in [0.3, 0.4) is 0 Å². The van der Waals surface area contributed by atoms with Crippen molar-refractivity contribution in [3.05, 3.63) is 52.6 Å². The van der Waals surface area contributed by atoms with Gasteiger partial charge in [-0.1, -0.05) is 20.8 Å². The Morgan fingerprint density at radius 1 is 1.21 bits per heavy atom. The number of hydrogen-bond acceptors (Lipinski definition) is 6. The molecule has 3 rings (SSSR count). The van der Waals surface area contributed by atoms with Crippen molar-refractivity contribution in [1.82, 2.24) is 4.90 Å². The molecule has 2 aromatic carbocycles. The number of amidine groups is 1. The second-order valence-corrected chi connectivity index (χ2v) is 9.19. The number of ketones is 1. The number of rotatable bonds is 9. The number of fused-ring (bicyclic) bond motifs is 1.